The number of benzene rings is 1. The Hall–Kier alpha value is -0.590. The van der Waals surface area contributed by atoms with Crippen LogP contribution in [0.2, 0.25) is 0 Å². The average molecular weight is 325 g/mol. The molecule has 0 saturated carbocycles. The summed E-state index contributed by atoms with van der Waals surface area (Å²) < 4.78 is 48.4. The molecule has 0 aromatic heterocycles. The second-order valence-electron chi connectivity index (χ2n) is 4.13. The Morgan fingerprint density at radius 3 is 1.84 bits per heavy atom. The van der Waals surface area contributed by atoms with Crippen molar-refractivity contribution < 1.29 is 16.8 Å². The van der Waals surface area contributed by atoms with E-state index in [0.29, 0.717) is 12.8 Å². The second kappa shape index (κ2) is 6.72. The summed E-state index contributed by atoms with van der Waals surface area (Å²) in [5.74, 6) is 0.0211. The lowest BCUT2D eigenvalue weighted by atomic mass is 10.4. The highest BCUT2D eigenvalue weighted by atomic mass is 35.5. The Bertz CT molecular complexity index is 621. The van der Waals surface area contributed by atoms with Gasteiger partial charge in [-0.15, -0.1) is 11.6 Å². The highest BCUT2D eigenvalue weighted by Gasteiger charge is 2.25. The average Bonchev–Trinajstić information content (AvgIpc) is 2.36. The van der Waals surface area contributed by atoms with Crippen molar-refractivity contribution in [3.63, 3.8) is 0 Å². The molecule has 0 saturated heterocycles. The smallest absolute Gasteiger partial charge is 0.179 e. The topological polar surface area (TPSA) is 68.3 Å². The van der Waals surface area contributed by atoms with E-state index in [-0.39, 0.29) is 27.2 Å². The zero-order chi connectivity index (χ0) is 14.5. The van der Waals surface area contributed by atoms with Gasteiger partial charge in [0.1, 0.15) is 0 Å². The third-order valence-corrected chi connectivity index (χ3v) is 6.76. The van der Waals surface area contributed by atoms with Gasteiger partial charge in [-0.25, -0.2) is 16.8 Å². The van der Waals surface area contributed by atoms with E-state index in [2.05, 4.69) is 0 Å². The molecule has 0 spiro atoms. The van der Waals surface area contributed by atoms with Gasteiger partial charge in [0, 0.05) is 5.88 Å². The number of sulfone groups is 2. The van der Waals surface area contributed by atoms with E-state index in [4.69, 9.17) is 11.6 Å². The molecule has 0 aliphatic rings. The molecule has 0 atom stereocenters. The van der Waals surface area contributed by atoms with Crippen molar-refractivity contribution in [3.8, 4) is 0 Å². The number of hydrogen-bond acceptors (Lipinski definition) is 4. The zero-order valence-corrected chi connectivity index (χ0v) is 13.1. The summed E-state index contributed by atoms with van der Waals surface area (Å²) in [5.41, 5.74) is 0. The molecule has 0 amide bonds. The molecule has 1 aromatic rings. The predicted octanol–water partition coefficient (Wildman–Crippen LogP) is 2.27. The van der Waals surface area contributed by atoms with Crippen molar-refractivity contribution in [2.24, 2.45) is 0 Å². The van der Waals surface area contributed by atoms with Crippen molar-refractivity contribution in [1.29, 1.82) is 0 Å². The molecule has 0 aliphatic carbocycles. The van der Waals surface area contributed by atoms with Crippen molar-refractivity contribution in [2.75, 3.05) is 17.4 Å². The lowest BCUT2D eigenvalue weighted by Gasteiger charge is -2.10. The first-order valence-electron chi connectivity index (χ1n) is 5.95. The molecule has 0 aliphatic heterocycles. The van der Waals surface area contributed by atoms with Crippen molar-refractivity contribution in [1.82, 2.24) is 0 Å². The Morgan fingerprint density at radius 2 is 1.42 bits per heavy atom. The van der Waals surface area contributed by atoms with Gasteiger partial charge in [0.25, 0.3) is 0 Å². The highest BCUT2D eigenvalue weighted by molar-refractivity contribution is 7.94. The van der Waals surface area contributed by atoms with Gasteiger partial charge in [-0.05, 0) is 25.0 Å². The Kier molecular flexibility index (Phi) is 5.82. The number of alkyl halides is 1. The van der Waals surface area contributed by atoms with E-state index in [1.54, 1.807) is 6.92 Å². The van der Waals surface area contributed by atoms with Gasteiger partial charge in [0.15, 0.2) is 19.7 Å². The summed E-state index contributed by atoms with van der Waals surface area (Å²) >= 11 is 5.49. The van der Waals surface area contributed by atoms with Crippen LogP contribution in [0.3, 0.4) is 0 Å². The number of hydrogen-bond donors (Lipinski definition) is 0. The van der Waals surface area contributed by atoms with Crippen LogP contribution in [0.15, 0.2) is 34.1 Å². The van der Waals surface area contributed by atoms with E-state index in [1.165, 1.54) is 24.3 Å². The fraction of sp³-hybridized carbons (Fsp3) is 0.500. The van der Waals surface area contributed by atoms with Crippen LogP contribution >= 0.6 is 11.6 Å². The van der Waals surface area contributed by atoms with Gasteiger partial charge in [-0.1, -0.05) is 19.1 Å². The van der Waals surface area contributed by atoms with Crippen LogP contribution in [0, 0.1) is 0 Å². The molecule has 108 valence electrons. The molecule has 7 heteroatoms. The zero-order valence-electron chi connectivity index (χ0n) is 10.7. The van der Waals surface area contributed by atoms with Gasteiger partial charge < -0.3 is 0 Å². The quantitative estimate of drug-likeness (QED) is 0.721. The molecule has 4 nitrogen and oxygen atoms in total. The lowest BCUT2D eigenvalue weighted by Crippen LogP contribution is -2.14. The van der Waals surface area contributed by atoms with Gasteiger partial charge in [-0.2, -0.15) is 0 Å². The monoisotopic (exact) mass is 324 g/mol. The van der Waals surface area contributed by atoms with E-state index in [9.17, 15) is 16.8 Å². The minimum absolute atomic E-state index is 0.0605. The van der Waals surface area contributed by atoms with Gasteiger partial charge in [-0.3, -0.25) is 0 Å². The number of halogens is 1. The molecule has 19 heavy (non-hydrogen) atoms. The summed E-state index contributed by atoms with van der Waals surface area (Å²) in [6, 6.07) is 5.74. The summed E-state index contributed by atoms with van der Waals surface area (Å²) in [5, 5.41) is 0. The van der Waals surface area contributed by atoms with Crippen LogP contribution in [-0.2, 0) is 19.7 Å². The lowest BCUT2D eigenvalue weighted by molar-refractivity contribution is 0.581. The van der Waals surface area contributed by atoms with Crippen LogP contribution < -0.4 is 0 Å². The molecule has 0 fully saturated rings. The first-order chi connectivity index (χ1) is 8.85. The maximum atomic E-state index is 12.1. The van der Waals surface area contributed by atoms with Crippen molar-refractivity contribution in [2.45, 2.75) is 29.6 Å². The predicted molar refractivity (Wildman–Crippen MR) is 76.2 cm³/mol. The van der Waals surface area contributed by atoms with Crippen molar-refractivity contribution >= 4 is 31.3 Å². The van der Waals surface area contributed by atoms with Gasteiger partial charge in [0.2, 0.25) is 0 Å². The molecule has 0 heterocycles. The fourth-order valence-corrected chi connectivity index (χ4v) is 5.57. The van der Waals surface area contributed by atoms with Crippen LogP contribution in [0.5, 0.6) is 0 Å². The first kappa shape index (κ1) is 16.5. The van der Waals surface area contributed by atoms with Gasteiger partial charge in [0.05, 0.1) is 21.3 Å². The van der Waals surface area contributed by atoms with E-state index in [0.717, 1.165) is 0 Å². The largest absolute Gasteiger partial charge is 0.224 e. The highest BCUT2D eigenvalue weighted by Crippen LogP contribution is 2.23. The summed E-state index contributed by atoms with van der Waals surface area (Å²) in [4.78, 5) is -0.222. The third kappa shape index (κ3) is 4.19. The molecule has 0 radical (unpaired) electrons. The Balaban J connectivity index is 3.31. The summed E-state index contributed by atoms with van der Waals surface area (Å²) in [6.07, 6.45) is 0.741. The second-order valence-corrected chi connectivity index (χ2v) is 8.66. The standard InChI is InChI=1S/C12H17ClO4S2/c1-2-9-18(14,15)11-6-3-4-7-12(11)19(16,17)10-5-8-13/h3-4,6-7H,2,5,8-10H2,1H3. The molecular weight excluding hydrogens is 308 g/mol. The molecular formula is C12H17ClO4S2. The van der Waals surface area contributed by atoms with Crippen LogP contribution in [-0.4, -0.2) is 34.2 Å². The maximum Gasteiger partial charge on any atom is 0.179 e. The van der Waals surface area contributed by atoms with Gasteiger partial charge >= 0.3 is 0 Å². The molecule has 1 rings (SSSR count). The SMILES string of the molecule is CCCS(=O)(=O)c1ccccc1S(=O)(=O)CCCCl. The molecule has 0 bridgehead atoms. The summed E-state index contributed by atoms with van der Waals surface area (Å²) in [7, 11) is -7.18. The minimum atomic E-state index is -3.62. The van der Waals surface area contributed by atoms with Crippen molar-refractivity contribution in [3.05, 3.63) is 24.3 Å². The first-order valence-corrected chi connectivity index (χ1v) is 9.79. The maximum absolute atomic E-state index is 12.1. The normalized spacial score (nSPS) is 12.5. The Morgan fingerprint density at radius 1 is 0.947 bits per heavy atom. The fourth-order valence-electron chi connectivity index (χ4n) is 1.70. The third-order valence-electron chi connectivity index (χ3n) is 2.54. The molecule has 0 unspecified atom stereocenters. The summed E-state index contributed by atoms with van der Waals surface area (Å²) in [6.45, 7) is 1.74. The molecule has 0 N–H and O–H groups in total. The molecule has 1 aromatic carbocycles. The Labute approximate surface area is 119 Å². The van der Waals surface area contributed by atoms with Crippen LogP contribution in [0.1, 0.15) is 19.8 Å². The van der Waals surface area contributed by atoms with E-state index < -0.39 is 19.7 Å². The van der Waals surface area contributed by atoms with E-state index in [1.807, 2.05) is 0 Å². The van der Waals surface area contributed by atoms with Crippen LogP contribution in [0.4, 0.5) is 0 Å². The van der Waals surface area contributed by atoms with E-state index >= 15 is 0 Å². The number of rotatable bonds is 7. The van der Waals surface area contributed by atoms with Crippen LogP contribution in [0.25, 0.3) is 0 Å². The minimum Gasteiger partial charge on any atom is -0.224 e.